The number of hydrogen-bond donors (Lipinski definition) is 0. The third-order valence-electron chi connectivity index (χ3n) is 1.95. The maximum Gasteiger partial charge on any atom is 0.421 e. The topological polar surface area (TPSA) is 26.3 Å². The summed E-state index contributed by atoms with van der Waals surface area (Å²) in [6, 6.07) is 0. The molecule has 0 radical (unpaired) electrons. The van der Waals surface area contributed by atoms with E-state index in [1.54, 1.807) is 13.8 Å². The lowest BCUT2D eigenvalue weighted by atomic mass is 9.88. The summed E-state index contributed by atoms with van der Waals surface area (Å²) in [6.07, 6.45) is -2.64. The van der Waals surface area contributed by atoms with Crippen LogP contribution in [0.4, 0.5) is 13.2 Å². The van der Waals surface area contributed by atoms with Gasteiger partial charge in [0.05, 0.1) is 13.5 Å². The van der Waals surface area contributed by atoms with E-state index in [1.165, 1.54) is 13.2 Å². The SMILES string of the molecule is COC(=O)CC(C)(C)/C=C/C(Cl)(Br)C(F)(F)F. The Morgan fingerprint density at radius 3 is 2.18 bits per heavy atom. The molecule has 2 nitrogen and oxygen atoms in total. The van der Waals surface area contributed by atoms with Gasteiger partial charge in [-0.2, -0.15) is 13.2 Å². The molecule has 0 aromatic heterocycles. The van der Waals surface area contributed by atoms with Crippen LogP contribution in [0.2, 0.25) is 0 Å². The molecule has 0 spiro atoms. The van der Waals surface area contributed by atoms with Crippen LogP contribution in [-0.2, 0) is 9.53 Å². The molecule has 0 N–H and O–H groups in total. The van der Waals surface area contributed by atoms with Gasteiger partial charge in [-0.25, -0.2) is 0 Å². The number of hydrogen-bond acceptors (Lipinski definition) is 2. The van der Waals surface area contributed by atoms with E-state index in [-0.39, 0.29) is 6.42 Å². The zero-order valence-electron chi connectivity index (χ0n) is 9.57. The third kappa shape index (κ3) is 5.77. The number of methoxy groups -OCH3 is 1. The van der Waals surface area contributed by atoms with Crippen LogP contribution in [0.5, 0.6) is 0 Å². The second kappa shape index (κ2) is 5.61. The Morgan fingerprint density at radius 1 is 1.35 bits per heavy atom. The van der Waals surface area contributed by atoms with Crippen molar-refractivity contribution in [1.29, 1.82) is 0 Å². The molecule has 0 amide bonds. The number of allylic oxidation sites excluding steroid dienone is 2. The molecular formula is C10H13BrClF3O2. The van der Waals surface area contributed by atoms with E-state index in [1.807, 2.05) is 0 Å². The maximum absolute atomic E-state index is 12.4. The molecule has 0 aliphatic rings. The van der Waals surface area contributed by atoms with E-state index in [4.69, 9.17) is 11.6 Å². The number of ether oxygens (including phenoxy) is 1. The van der Waals surface area contributed by atoms with Crippen molar-refractivity contribution in [3.63, 3.8) is 0 Å². The van der Waals surface area contributed by atoms with Gasteiger partial charge in [-0.15, -0.1) is 0 Å². The Labute approximate surface area is 111 Å². The normalized spacial score (nSPS) is 16.9. The molecular weight excluding hydrogens is 324 g/mol. The Kier molecular flexibility index (Phi) is 5.53. The minimum absolute atomic E-state index is 0.0299. The highest BCUT2D eigenvalue weighted by molar-refractivity contribution is 9.10. The van der Waals surface area contributed by atoms with Crippen molar-refractivity contribution in [2.75, 3.05) is 7.11 Å². The Balaban J connectivity index is 4.77. The number of carbonyl (C=O) groups excluding carboxylic acids is 1. The first kappa shape index (κ1) is 16.8. The summed E-state index contributed by atoms with van der Waals surface area (Å²) in [5.41, 5.74) is -0.772. The molecule has 7 heteroatoms. The first-order valence-corrected chi connectivity index (χ1v) is 5.80. The van der Waals surface area contributed by atoms with E-state index in [0.29, 0.717) is 0 Å². The monoisotopic (exact) mass is 336 g/mol. The van der Waals surface area contributed by atoms with Gasteiger partial charge in [-0.3, -0.25) is 4.79 Å². The molecule has 0 heterocycles. The van der Waals surface area contributed by atoms with E-state index < -0.39 is 21.3 Å². The average molecular weight is 338 g/mol. The van der Waals surface area contributed by atoms with Crippen LogP contribution in [-0.4, -0.2) is 23.0 Å². The van der Waals surface area contributed by atoms with Crippen LogP contribution in [0.3, 0.4) is 0 Å². The second-order valence-corrected chi connectivity index (χ2v) is 6.50. The van der Waals surface area contributed by atoms with Crippen LogP contribution in [0.25, 0.3) is 0 Å². The van der Waals surface area contributed by atoms with Gasteiger partial charge in [-0.1, -0.05) is 47.5 Å². The zero-order valence-corrected chi connectivity index (χ0v) is 11.9. The zero-order chi connectivity index (χ0) is 13.9. The molecule has 0 rings (SSSR count). The van der Waals surface area contributed by atoms with Crippen molar-refractivity contribution in [3.8, 4) is 0 Å². The summed E-state index contributed by atoms with van der Waals surface area (Å²) in [7, 11) is 1.22. The van der Waals surface area contributed by atoms with Gasteiger partial charge in [0.1, 0.15) is 0 Å². The van der Waals surface area contributed by atoms with Gasteiger partial charge >= 0.3 is 12.1 Å². The minimum atomic E-state index is -4.62. The average Bonchev–Trinajstić information content (AvgIpc) is 2.12. The maximum atomic E-state index is 12.4. The van der Waals surface area contributed by atoms with Gasteiger partial charge in [0, 0.05) is 0 Å². The van der Waals surface area contributed by atoms with Gasteiger partial charge in [-0.05, 0) is 11.5 Å². The lowest BCUT2D eigenvalue weighted by molar-refractivity contribution is -0.142. The molecule has 0 saturated carbocycles. The predicted molar refractivity (Wildman–Crippen MR) is 63.1 cm³/mol. The summed E-state index contributed by atoms with van der Waals surface area (Å²) in [5, 5.41) is 0. The number of rotatable bonds is 4. The molecule has 100 valence electrons. The summed E-state index contributed by atoms with van der Waals surface area (Å²) in [4.78, 5) is 11.0. The van der Waals surface area contributed by atoms with Crippen molar-refractivity contribution in [1.82, 2.24) is 0 Å². The van der Waals surface area contributed by atoms with Crippen LogP contribution >= 0.6 is 27.5 Å². The largest absolute Gasteiger partial charge is 0.469 e. The smallest absolute Gasteiger partial charge is 0.421 e. The molecule has 0 fully saturated rings. The first-order chi connectivity index (χ1) is 7.41. The standard InChI is InChI=1S/C10H13BrClF3O2/c1-8(2,6-7(16)17-3)4-5-9(11,12)10(13,14)15/h4-5H,6H2,1-3H3/b5-4+. The molecule has 17 heavy (non-hydrogen) atoms. The van der Waals surface area contributed by atoms with Crippen molar-refractivity contribution >= 4 is 33.5 Å². The Hall–Kier alpha value is -0.230. The second-order valence-electron chi connectivity index (χ2n) is 4.20. The quantitative estimate of drug-likeness (QED) is 0.440. The molecule has 1 unspecified atom stereocenters. The van der Waals surface area contributed by atoms with Crippen LogP contribution in [0.1, 0.15) is 20.3 Å². The van der Waals surface area contributed by atoms with Crippen LogP contribution in [0, 0.1) is 5.41 Å². The predicted octanol–water partition coefficient (Wildman–Crippen LogP) is 4.02. The van der Waals surface area contributed by atoms with E-state index >= 15 is 0 Å². The van der Waals surface area contributed by atoms with Gasteiger partial charge in [0.2, 0.25) is 3.78 Å². The number of carbonyl (C=O) groups is 1. The van der Waals surface area contributed by atoms with E-state index in [2.05, 4.69) is 20.7 Å². The molecule has 0 saturated heterocycles. The molecule has 0 aromatic carbocycles. The lowest BCUT2D eigenvalue weighted by Crippen LogP contribution is -2.31. The van der Waals surface area contributed by atoms with Crippen LogP contribution < -0.4 is 0 Å². The fourth-order valence-electron chi connectivity index (χ4n) is 0.928. The van der Waals surface area contributed by atoms with Gasteiger partial charge in [0.25, 0.3) is 0 Å². The molecule has 0 aliphatic carbocycles. The molecule has 1 atom stereocenters. The summed E-state index contributed by atoms with van der Waals surface area (Å²) < 4.78 is 39.1. The summed E-state index contributed by atoms with van der Waals surface area (Å²) in [5.74, 6) is -0.499. The van der Waals surface area contributed by atoms with Crippen molar-refractivity contribution in [2.24, 2.45) is 5.41 Å². The number of halogens is 5. The highest BCUT2D eigenvalue weighted by Gasteiger charge is 2.50. The Morgan fingerprint density at radius 2 is 1.82 bits per heavy atom. The van der Waals surface area contributed by atoms with Gasteiger partial charge in [0.15, 0.2) is 0 Å². The van der Waals surface area contributed by atoms with Crippen molar-refractivity contribution in [2.45, 2.75) is 30.2 Å². The van der Waals surface area contributed by atoms with Crippen molar-refractivity contribution in [3.05, 3.63) is 12.2 Å². The van der Waals surface area contributed by atoms with E-state index in [9.17, 15) is 18.0 Å². The highest BCUT2D eigenvalue weighted by Crippen LogP contribution is 2.43. The number of esters is 1. The Bertz CT molecular complexity index is 311. The van der Waals surface area contributed by atoms with Crippen LogP contribution in [0.15, 0.2) is 12.2 Å². The molecule has 0 aliphatic heterocycles. The molecule has 0 bridgehead atoms. The minimum Gasteiger partial charge on any atom is -0.469 e. The lowest BCUT2D eigenvalue weighted by Gasteiger charge is -2.23. The van der Waals surface area contributed by atoms with Crippen molar-refractivity contribution < 1.29 is 22.7 Å². The number of alkyl halides is 5. The van der Waals surface area contributed by atoms with Gasteiger partial charge < -0.3 is 4.74 Å². The summed E-state index contributed by atoms with van der Waals surface area (Å²) >= 11 is 7.65. The summed E-state index contributed by atoms with van der Waals surface area (Å²) in [6.45, 7) is 3.22. The highest BCUT2D eigenvalue weighted by atomic mass is 79.9. The van der Waals surface area contributed by atoms with E-state index in [0.717, 1.165) is 6.08 Å². The first-order valence-electron chi connectivity index (χ1n) is 4.63. The molecule has 0 aromatic rings. The fraction of sp³-hybridized carbons (Fsp3) is 0.700. The third-order valence-corrected chi connectivity index (χ3v) is 3.00. The fourth-order valence-corrected chi connectivity index (χ4v) is 1.12.